The van der Waals surface area contributed by atoms with E-state index in [0.717, 1.165) is 30.5 Å². The lowest BCUT2D eigenvalue weighted by molar-refractivity contribution is -0.137. The molecule has 170 valence electrons. The Labute approximate surface area is 184 Å². The first kappa shape index (κ1) is 22.3. The summed E-state index contributed by atoms with van der Waals surface area (Å²) < 4.78 is 45.6. The third kappa shape index (κ3) is 4.48. The van der Waals surface area contributed by atoms with Crippen LogP contribution in [0.3, 0.4) is 0 Å². The molecule has 9 heteroatoms. The number of amides is 1. The smallest absolute Gasteiger partial charge is 0.384 e. The molecule has 32 heavy (non-hydrogen) atoms. The van der Waals surface area contributed by atoms with Crippen molar-refractivity contribution >= 4 is 17.8 Å². The molecule has 0 saturated heterocycles. The van der Waals surface area contributed by atoms with Crippen LogP contribution in [-0.4, -0.2) is 42.2 Å². The standard InChI is InChI=1S/C23H25F3N4O2/c1-15-13-29(20-7-5-19(6-8-20)23(24,25)26)22(31)21-18(12-28-30(15)21)4-3-16-9-17(14-32-2)11-27-10-16/h5-8,10-12,15,17H,3-4,9,13-14H2,1-2H3/t15-,17?/m0/s1. The summed E-state index contributed by atoms with van der Waals surface area (Å²) in [7, 11) is 1.67. The van der Waals surface area contributed by atoms with Crippen LogP contribution < -0.4 is 4.90 Å². The van der Waals surface area contributed by atoms with E-state index in [2.05, 4.69) is 10.1 Å². The Kier molecular flexibility index (Phi) is 6.19. The van der Waals surface area contributed by atoms with Crippen LogP contribution >= 0.6 is 0 Å². The summed E-state index contributed by atoms with van der Waals surface area (Å²) in [6.07, 6.45) is 3.31. The monoisotopic (exact) mass is 446 g/mol. The number of methoxy groups -OCH3 is 1. The van der Waals surface area contributed by atoms with Gasteiger partial charge in [-0.2, -0.15) is 18.3 Å². The molecule has 0 saturated carbocycles. The molecule has 0 fully saturated rings. The predicted octanol–water partition coefficient (Wildman–Crippen LogP) is 4.68. The largest absolute Gasteiger partial charge is 0.416 e. The number of aromatic nitrogens is 2. The number of carbonyl (C=O) groups excluding carboxylic acids is 1. The van der Waals surface area contributed by atoms with E-state index in [-0.39, 0.29) is 17.9 Å². The molecule has 0 aliphatic carbocycles. The summed E-state index contributed by atoms with van der Waals surface area (Å²) in [4.78, 5) is 19.1. The number of rotatable bonds is 6. The van der Waals surface area contributed by atoms with E-state index in [1.54, 1.807) is 18.0 Å². The highest BCUT2D eigenvalue weighted by Crippen LogP contribution is 2.33. The molecule has 2 aromatic rings. The van der Waals surface area contributed by atoms with Crippen LogP contribution in [0.2, 0.25) is 0 Å². The molecule has 0 N–H and O–H groups in total. The molecular weight excluding hydrogens is 421 g/mol. The number of aliphatic imine (C=N–C) groups is 1. The summed E-state index contributed by atoms with van der Waals surface area (Å²) in [6, 6.07) is 4.61. The first-order valence-electron chi connectivity index (χ1n) is 10.5. The number of allylic oxidation sites excluding steroid dienone is 1. The molecule has 2 aliphatic rings. The SMILES string of the molecule is COCC1C=NC=C(CCc2cnn3c2C(=O)N(c2ccc(C(F)(F)F)cc2)C[C@@H]3C)C1. The lowest BCUT2D eigenvalue weighted by atomic mass is 9.94. The van der Waals surface area contributed by atoms with Gasteiger partial charge in [0, 0.05) is 43.2 Å². The Balaban J connectivity index is 1.52. The van der Waals surface area contributed by atoms with E-state index in [9.17, 15) is 18.0 Å². The average Bonchev–Trinajstić information content (AvgIpc) is 3.20. The number of halogens is 3. The Morgan fingerprint density at radius 1 is 1.19 bits per heavy atom. The van der Waals surface area contributed by atoms with Crippen molar-refractivity contribution in [1.82, 2.24) is 9.78 Å². The highest BCUT2D eigenvalue weighted by Gasteiger charge is 2.34. The molecule has 1 amide bonds. The first-order valence-corrected chi connectivity index (χ1v) is 10.5. The van der Waals surface area contributed by atoms with Crippen molar-refractivity contribution in [3.63, 3.8) is 0 Å². The minimum atomic E-state index is -4.41. The molecule has 1 aromatic carbocycles. The number of hydrogen-bond donors (Lipinski definition) is 0. The summed E-state index contributed by atoms with van der Waals surface area (Å²) in [5.41, 5.74) is 2.22. The zero-order chi connectivity index (χ0) is 22.9. The van der Waals surface area contributed by atoms with Crippen molar-refractivity contribution in [2.45, 2.75) is 38.4 Å². The number of anilines is 1. The van der Waals surface area contributed by atoms with Gasteiger partial charge in [-0.3, -0.25) is 14.5 Å². The van der Waals surface area contributed by atoms with Gasteiger partial charge in [-0.15, -0.1) is 0 Å². The van der Waals surface area contributed by atoms with E-state index in [1.165, 1.54) is 22.6 Å². The highest BCUT2D eigenvalue weighted by molar-refractivity contribution is 6.06. The van der Waals surface area contributed by atoms with E-state index >= 15 is 0 Å². The van der Waals surface area contributed by atoms with Crippen molar-refractivity contribution in [2.75, 3.05) is 25.2 Å². The van der Waals surface area contributed by atoms with Crippen LogP contribution in [0.5, 0.6) is 0 Å². The minimum absolute atomic E-state index is 0.0941. The van der Waals surface area contributed by atoms with Crippen molar-refractivity contribution in [3.8, 4) is 0 Å². The summed E-state index contributed by atoms with van der Waals surface area (Å²) >= 11 is 0. The minimum Gasteiger partial charge on any atom is -0.384 e. The van der Waals surface area contributed by atoms with Crippen LogP contribution in [0.1, 0.15) is 47.4 Å². The third-order valence-corrected chi connectivity index (χ3v) is 5.86. The first-order chi connectivity index (χ1) is 15.3. The van der Waals surface area contributed by atoms with Gasteiger partial charge in [0.1, 0.15) is 5.69 Å². The molecule has 2 atom stereocenters. The predicted molar refractivity (Wildman–Crippen MR) is 115 cm³/mol. The van der Waals surface area contributed by atoms with E-state index in [0.29, 0.717) is 31.0 Å². The number of nitrogens with zero attached hydrogens (tertiary/aromatic N) is 4. The molecule has 6 nitrogen and oxygen atoms in total. The fourth-order valence-corrected chi connectivity index (χ4v) is 4.25. The van der Waals surface area contributed by atoms with Crippen molar-refractivity contribution < 1.29 is 22.7 Å². The Bertz CT molecular complexity index is 1040. The molecule has 0 bridgehead atoms. The number of hydrogen-bond acceptors (Lipinski definition) is 4. The number of ether oxygens (including phenoxy) is 1. The van der Waals surface area contributed by atoms with Crippen molar-refractivity contribution in [1.29, 1.82) is 0 Å². The number of alkyl halides is 3. The van der Waals surface area contributed by atoms with Crippen LogP contribution in [0, 0.1) is 5.92 Å². The molecule has 3 heterocycles. The van der Waals surface area contributed by atoms with E-state index < -0.39 is 11.7 Å². The highest BCUT2D eigenvalue weighted by atomic mass is 19.4. The van der Waals surface area contributed by atoms with Crippen molar-refractivity contribution in [2.24, 2.45) is 10.9 Å². The number of fused-ring (bicyclic) bond motifs is 1. The maximum Gasteiger partial charge on any atom is 0.416 e. The molecule has 0 spiro atoms. The van der Waals surface area contributed by atoms with Crippen LogP contribution in [0.4, 0.5) is 18.9 Å². The third-order valence-electron chi connectivity index (χ3n) is 5.86. The molecule has 2 aliphatic heterocycles. The lowest BCUT2D eigenvalue weighted by Crippen LogP contribution is -2.43. The molecular formula is C23H25F3N4O2. The zero-order valence-corrected chi connectivity index (χ0v) is 18.0. The number of benzene rings is 1. The van der Waals surface area contributed by atoms with E-state index in [1.807, 2.05) is 19.3 Å². The van der Waals surface area contributed by atoms with Crippen LogP contribution in [0.25, 0.3) is 0 Å². The Morgan fingerprint density at radius 3 is 2.62 bits per heavy atom. The second-order valence-electron chi connectivity index (χ2n) is 8.28. The van der Waals surface area contributed by atoms with Gasteiger partial charge in [0.2, 0.25) is 0 Å². The maximum atomic E-state index is 13.3. The lowest BCUT2D eigenvalue weighted by Gasteiger charge is -2.32. The topological polar surface area (TPSA) is 59.7 Å². The van der Waals surface area contributed by atoms with Crippen molar-refractivity contribution in [3.05, 3.63) is 59.1 Å². The Morgan fingerprint density at radius 2 is 1.94 bits per heavy atom. The fourth-order valence-electron chi connectivity index (χ4n) is 4.25. The summed E-state index contributed by atoms with van der Waals surface area (Å²) in [6.45, 7) is 2.90. The quantitative estimate of drug-likeness (QED) is 0.648. The van der Waals surface area contributed by atoms with E-state index in [4.69, 9.17) is 4.74 Å². The Hall–Kier alpha value is -2.94. The fraction of sp³-hybridized carbons (Fsp3) is 0.435. The van der Waals surface area contributed by atoms with Gasteiger partial charge in [-0.1, -0.05) is 5.57 Å². The number of aryl methyl sites for hydroxylation is 1. The van der Waals surface area contributed by atoms with Gasteiger partial charge in [0.15, 0.2) is 0 Å². The average molecular weight is 446 g/mol. The molecule has 0 radical (unpaired) electrons. The zero-order valence-electron chi connectivity index (χ0n) is 18.0. The van der Waals surface area contributed by atoms with Gasteiger partial charge in [-0.05, 0) is 50.5 Å². The summed E-state index contributed by atoms with van der Waals surface area (Å²) in [5, 5.41) is 4.42. The van der Waals surface area contributed by atoms with Gasteiger partial charge in [-0.25, -0.2) is 0 Å². The normalized spacial score (nSPS) is 21.0. The molecule has 4 rings (SSSR count). The number of carbonyl (C=O) groups is 1. The second-order valence-corrected chi connectivity index (χ2v) is 8.28. The van der Waals surface area contributed by atoms with Gasteiger partial charge in [0.05, 0.1) is 24.4 Å². The molecule has 1 unspecified atom stereocenters. The molecule has 1 aromatic heterocycles. The van der Waals surface area contributed by atoms with Crippen LogP contribution in [-0.2, 0) is 17.3 Å². The van der Waals surface area contributed by atoms with Gasteiger partial charge >= 0.3 is 6.18 Å². The second kappa shape index (κ2) is 8.90. The van der Waals surface area contributed by atoms with Gasteiger partial charge < -0.3 is 9.64 Å². The summed E-state index contributed by atoms with van der Waals surface area (Å²) in [5.74, 6) is 0.00107. The van der Waals surface area contributed by atoms with Gasteiger partial charge in [0.25, 0.3) is 5.91 Å². The van der Waals surface area contributed by atoms with Crippen LogP contribution in [0.15, 0.2) is 47.2 Å². The maximum absolute atomic E-state index is 13.3.